The van der Waals surface area contributed by atoms with Gasteiger partial charge in [-0.05, 0) is 67.3 Å². The van der Waals surface area contributed by atoms with Crippen molar-refractivity contribution in [3.05, 3.63) is 89.0 Å². The van der Waals surface area contributed by atoms with Crippen molar-refractivity contribution in [1.29, 1.82) is 0 Å². The van der Waals surface area contributed by atoms with Gasteiger partial charge in [-0.2, -0.15) is 13.2 Å². The summed E-state index contributed by atoms with van der Waals surface area (Å²) in [4.78, 5) is 40.2. The molecule has 240 valence electrons. The van der Waals surface area contributed by atoms with Gasteiger partial charge in [0.25, 0.3) is 0 Å². The number of rotatable bonds is 8. The summed E-state index contributed by atoms with van der Waals surface area (Å²) in [6.07, 6.45) is -2.81. The molecule has 0 radical (unpaired) electrons. The van der Waals surface area contributed by atoms with E-state index in [1.165, 1.54) is 32.4 Å². The van der Waals surface area contributed by atoms with Gasteiger partial charge in [0.2, 0.25) is 5.91 Å². The summed E-state index contributed by atoms with van der Waals surface area (Å²) in [7, 11) is 1.40. The molecule has 5 rings (SSSR count). The fourth-order valence-corrected chi connectivity index (χ4v) is 5.09. The Morgan fingerprint density at radius 3 is 2.27 bits per heavy atom. The maximum Gasteiger partial charge on any atom is 0.417 e. The Bertz CT molecular complexity index is 1520. The molecular formula is C34H37F3N2O6. The highest BCUT2D eigenvalue weighted by Gasteiger charge is 2.44. The number of ether oxygens (including phenoxy) is 2. The normalized spacial score (nSPS) is 17.9. The van der Waals surface area contributed by atoms with Gasteiger partial charge >= 0.3 is 18.4 Å². The molecular weight excluding hydrogens is 589 g/mol. The van der Waals surface area contributed by atoms with E-state index in [4.69, 9.17) is 9.47 Å². The zero-order valence-electron chi connectivity index (χ0n) is 25.6. The summed E-state index contributed by atoms with van der Waals surface area (Å²) < 4.78 is 51.8. The van der Waals surface area contributed by atoms with E-state index in [0.717, 1.165) is 27.5 Å². The molecule has 2 fully saturated rings. The molecule has 0 bridgehead atoms. The summed E-state index contributed by atoms with van der Waals surface area (Å²) in [6, 6.07) is 16.5. The van der Waals surface area contributed by atoms with Crippen LogP contribution >= 0.6 is 0 Å². The van der Waals surface area contributed by atoms with Gasteiger partial charge < -0.3 is 19.5 Å². The molecule has 0 aromatic heterocycles. The molecule has 3 atom stereocenters. The Morgan fingerprint density at radius 1 is 1.04 bits per heavy atom. The molecule has 11 heteroatoms. The van der Waals surface area contributed by atoms with Crippen molar-refractivity contribution in [2.24, 2.45) is 0 Å². The first-order valence-electron chi connectivity index (χ1n) is 14.8. The first-order chi connectivity index (χ1) is 21.4. The van der Waals surface area contributed by atoms with Crippen LogP contribution in [0.1, 0.15) is 74.3 Å². The highest BCUT2D eigenvalue weighted by molar-refractivity contribution is 5.97. The van der Waals surface area contributed by atoms with Gasteiger partial charge in [0.1, 0.15) is 11.9 Å². The first kappa shape index (κ1) is 33.4. The standard InChI is InChI=1S/C31H31F3N2O6.C3H6/c1-5-35(29(38)39)17-22-15-23(31(32,33)34)12-13-24(22)25-16-21(11-14-26(25)41-4)18(2)28(37)36-19(3)27(42-30(36)40)20-9-7-6-8-10-20;1-2-3-1/h6-16,18-19,27H,5,17H2,1-4H3,(H,38,39);1-3H2/t18-,19-,27-;/m1./s1. The lowest BCUT2D eigenvalue weighted by Crippen LogP contribution is -2.40. The molecule has 45 heavy (non-hydrogen) atoms. The number of carboxylic acid groups (broad SMARTS) is 1. The maximum atomic E-state index is 13.6. The zero-order valence-corrected chi connectivity index (χ0v) is 25.6. The quantitative estimate of drug-likeness (QED) is 0.270. The van der Waals surface area contributed by atoms with Crippen LogP contribution in [0.3, 0.4) is 0 Å². The van der Waals surface area contributed by atoms with E-state index in [1.807, 2.05) is 30.3 Å². The molecule has 1 N–H and O–H groups in total. The van der Waals surface area contributed by atoms with Crippen LogP contribution in [-0.4, -0.2) is 52.7 Å². The summed E-state index contributed by atoms with van der Waals surface area (Å²) in [5, 5.41) is 9.54. The van der Waals surface area contributed by atoms with Gasteiger partial charge in [0.15, 0.2) is 0 Å². The minimum Gasteiger partial charge on any atom is -0.496 e. The Morgan fingerprint density at radius 2 is 1.71 bits per heavy atom. The molecule has 2 aliphatic rings. The number of carbonyl (C=O) groups is 3. The largest absolute Gasteiger partial charge is 0.496 e. The maximum absolute atomic E-state index is 13.6. The summed E-state index contributed by atoms with van der Waals surface area (Å²) >= 11 is 0. The second kappa shape index (κ2) is 14.0. The van der Waals surface area contributed by atoms with Gasteiger partial charge in [-0.1, -0.05) is 61.7 Å². The van der Waals surface area contributed by atoms with E-state index in [9.17, 15) is 32.7 Å². The van der Waals surface area contributed by atoms with Crippen molar-refractivity contribution in [3.63, 3.8) is 0 Å². The van der Waals surface area contributed by atoms with Crippen LogP contribution in [0.15, 0.2) is 66.7 Å². The Kier molecular flexibility index (Phi) is 10.4. The van der Waals surface area contributed by atoms with E-state index >= 15 is 0 Å². The molecule has 1 saturated heterocycles. The summed E-state index contributed by atoms with van der Waals surface area (Å²) in [5.74, 6) is -1.02. The topological polar surface area (TPSA) is 96.4 Å². The predicted molar refractivity (Wildman–Crippen MR) is 162 cm³/mol. The second-order valence-corrected chi connectivity index (χ2v) is 11.1. The van der Waals surface area contributed by atoms with Gasteiger partial charge in [-0.3, -0.25) is 4.79 Å². The van der Waals surface area contributed by atoms with Crippen molar-refractivity contribution in [1.82, 2.24) is 9.80 Å². The SMILES string of the molecule is C1CC1.CCN(Cc1cc(C(F)(F)F)ccc1-c1cc([C@@H](C)C(=O)N2C(=O)O[C@@H](c3ccccc3)[C@H]2C)ccc1OC)C(=O)O. The zero-order chi connectivity index (χ0) is 32.9. The van der Waals surface area contributed by atoms with Crippen molar-refractivity contribution in [3.8, 4) is 16.9 Å². The van der Waals surface area contributed by atoms with Crippen LogP contribution in [0.4, 0.5) is 22.8 Å². The van der Waals surface area contributed by atoms with Crippen LogP contribution in [-0.2, 0) is 22.3 Å². The number of alkyl halides is 3. The van der Waals surface area contributed by atoms with E-state index in [-0.39, 0.29) is 18.7 Å². The average Bonchev–Trinajstić information content (AvgIpc) is 3.88. The lowest BCUT2D eigenvalue weighted by atomic mass is 9.91. The molecule has 1 aliphatic heterocycles. The van der Waals surface area contributed by atoms with E-state index in [1.54, 1.807) is 39.0 Å². The Hall–Kier alpha value is -4.54. The highest BCUT2D eigenvalue weighted by atomic mass is 19.4. The minimum absolute atomic E-state index is 0.0574. The lowest BCUT2D eigenvalue weighted by molar-refractivity contribution is -0.137. The molecule has 0 unspecified atom stereocenters. The van der Waals surface area contributed by atoms with E-state index in [2.05, 4.69) is 0 Å². The highest BCUT2D eigenvalue weighted by Crippen LogP contribution is 2.40. The third-order valence-electron chi connectivity index (χ3n) is 7.82. The van der Waals surface area contributed by atoms with Gasteiger partial charge in [0, 0.05) is 18.7 Å². The molecule has 3 amide bonds. The predicted octanol–water partition coefficient (Wildman–Crippen LogP) is 8.26. The van der Waals surface area contributed by atoms with Crippen LogP contribution in [0, 0.1) is 0 Å². The van der Waals surface area contributed by atoms with Gasteiger partial charge in [-0.15, -0.1) is 0 Å². The van der Waals surface area contributed by atoms with Crippen molar-refractivity contribution in [2.75, 3.05) is 13.7 Å². The van der Waals surface area contributed by atoms with Crippen LogP contribution in [0.2, 0.25) is 0 Å². The lowest BCUT2D eigenvalue weighted by Gasteiger charge is -2.24. The first-order valence-corrected chi connectivity index (χ1v) is 14.8. The number of hydrogen-bond donors (Lipinski definition) is 1. The molecule has 1 saturated carbocycles. The third kappa shape index (κ3) is 7.76. The van der Waals surface area contributed by atoms with Crippen LogP contribution in [0.5, 0.6) is 5.75 Å². The van der Waals surface area contributed by atoms with Gasteiger partial charge in [0.05, 0.1) is 24.6 Å². The number of nitrogens with zero attached hydrogens (tertiary/aromatic N) is 2. The fourth-order valence-electron chi connectivity index (χ4n) is 5.09. The molecule has 3 aromatic carbocycles. The number of cyclic esters (lactones) is 1. The van der Waals surface area contributed by atoms with Gasteiger partial charge in [-0.25, -0.2) is 14.5 Å². The molecule has 3 aromatic rings. The number of imide groups is 1. The Labute approximate surface area is 260 Å². The number of methoxy groups -OCH3 is 1. The average molecular weight is 627 g/mol. The van der Waals surface area contributed by atoms with Crippen molar-refractivity contribution < 1.29 is 42.1 Å². The molecule has 0 spiro atoms. The molecule has 1 aliphatic carbocycles. The number of carbonyl (C=O) groups excluding carboxylic acids is 2. The van der Waals surface area contributed by atoms with Crippen molar-refractivity contribution in [2.45, 2.75) is 70.8 Å². The second-order valence-electron chi connectivity index (χ2n) is 11.1. The molecule has 8 nitrogen and oxygen atoms in total. The number of benzene rings is 3. The summed E-state index contributed by atoms with van der Waals surface area (Å²) in [5.41, 5.74) is 1.13. The van der Waals surface area contributed by atoms with Crippen LogP contribution in [0.25, 0.3) is 11.1 Å². The fraction of sp³-hybridized carbons (Fsp3) is 0.382. The van der Waals surface area contributed by atoms with Crippen molar-refractivity contribution >= 4 is 18.1 Å². The third-order valence-corrected chi connectivity index (χ3v) is 7.82. The minimum atomic E-state index is -4.64. The number of hydrogen-bond acceptors (Lipinski definition) is 5. The molecule has 1 heterocycles. The Balaban J connectivity index is 0.00000145. The smallest absolute Gasteiger partial charge is 0.417 e. The van der Waals surface area contributed by atoms with Crippen LogP contribution < -0.4 is 4.74 Å². The van der Waals surface area contributed by atoms with E-state index in [0.29, 0.717) is 22.4 Å². The summed E-state index contributed by atoms with van der Waals surface area (Å²) in [6.45, 7) is 4.69. The van der Waals surface area contributed by atoms with E-state index < -0.39 is 47.9 Å². The number of halogens is 3. The number of amides is 3. The monoisotopic (exact) mass is 626 g/mol.